The van der Waals surface area contributed by atoms with Crippen LogP contribution < -0.4 is 0 Å². The number of halogens is 1. The number of rotatable bonds is 4. The molecule has 1 atom stereocenters. The number of hydrogen-bond donors (Lipinski definition) is 1. The van der Waals surface area contributed by atoms with Gasteiger partial charge in [-0.1, -0.05) is 36.8 Å². The monoisotopic (exact) mass is 448 g/mol. The molecular formula is C24H25FN6O2. The number of hydrogen-bond acceptors (Lipinski definition) is 5. The van der Waals surface area contributed by atoms with Crippen molar-refractivity contribution < 1.29 is 14.0 Å². The maximum atomic E-state index is 13.3. The number of aromatic amines is 1. The first kappa shape index (κ1) is 21.2. The topological polar surface area (TPSA) is 95.1 Å². The lowest BCUT2D eigenvalue weighted by molar-refractivity contribution is 0.0288. The Balaban J connectivity index is 1.22. The van der Waals surface area contributed by atoms with Gasteiger partial charge >= 0.3 is 0 Å². The van der Waals surface area contributed by atoms with Gasteiger partial charge < -0.3 is 9.80 Å². The highest BCUT2D eigenvalue weighted by molar-refractivity contribution is 5.93. The Bertz CT molecular complexity index is 1140. The molecule has 2 amide bonds. The summed E-state index contributed by atoms with van der Waals surface area (Å²) in [6.07, 6.45) is 5.30. The molecule has 0 aliphatic carbocycles. The summed E-state index contributed by atoms with van der Waals surface area (Å²) in [5, 5.41) is 7.22. The first-order valence-corrected chi connectivity index (χ1v) is 11.3. The smallest absolute Gasteiger partial charge is 0.274 e. The third-order valence-corrected chi connectivity index (χ3v) is 6.56. The Morgan fingerprint density at radius 2 is 1.76 bits per heavy atom. The molecule has 8 nitrogen and oxygen atoms in total. The molecule has 2 saturated heterocycles. The van der Waals surface area contributed by atoms with Crippen LogP contribution in [0.15, 0.2) is 48.8 Å². The highest BCUT2D eigenvalue weighted by atomic mass is 19.1. The number of nitrogens with zero attached hydrogens (tertiary/aromatic N) is 5. The molecule has 5 rings (SSSR count). The Labute approximate surface area is 190 Å². The Hall–Kier alpha value is -3.62. The van der Waals surface area contributed by atoms with Crippen LogP contribution in [0.1, 0.15) is 40.2 Å². The summed E-state index contributed by atoms with van der Waals surface area (Å²) in [6, 6.07) is 11.6. The standard InChI is InChI=1S/C24H25FN6O2/c25-22-12-26-11-21(27-22)24(33)31-14-18(15-31)17-8-4-5-9-30(13-17)23(32)20-10-19(28-29-20)16-6-2-1-3-7-16/h1-3,6-7,10-12,17-18H,4-5,8-9,13-15H2,(H,28,29). The molecule has 0 saturated carbocycles. The first-order chi connectivity index (χ1) is 16.1. The van der Waals surface area contributed by atoms with Crippen LogP contribution in [0.25, 0.3) is 11.3 Å². The Morgan fingerprint density at radius 3 is 2.55 bits per heavy atom. The normalized spacial score (nSPS) is 19.1. The number of aromatic nitrogens is 4. The van der Waals surface area contributed by atoms with Gasteiger partial charge in [0.15, 0.2) is 0 Å². The molecule has 1 aromatic carbocycles. The van der Waals surface area contributed by atoms with E-state index in [1.165, 1.54) is 6.20 Å². The van der Waals surface area contributed by atoms with Crippen molar-refractivity contribution >= 4 is 11.8 Å². The lowest BCUT2D eigenvalue weighted by Crippen LogP contribution is -2.54. The van der Waals surface area contributed by atoms with Crippen LogP contribution >= 0.6 is 0 Å². The third-order valence-electron chi connectivity index (χ3n) is 6.56. The van der Waals surface area contributed by atoms with Crippen molar-refractivity contribution in [3.05, 3.63) is 66.1 Å². The zero-order valence-electron chi connectivity index (χ0n) is 18.2. The third kappa shape index (κ3) is 4.48. The van der Waals surface area contributed by atoms with Gasteiger partial charge in [0.1, 0.15) is 11.4 Å². The molecule has 2 aromatic heterocycles. The van der Waals surface area contributed by atoms with E-state index < -0.39 is 5.95 Å². The number of likely N-dealkylation sites (tertiary alicyclic amines) is 2. The molecule has 0 bridgehead atoms. The van der Waals surface area contributed by atoms with Crippen molar-refractivity contribution in [2.45, 2.75) is 19.3 Å². The minimum atomic E-state index is -0.759. The maximum absolute atomic E-state index is 13.3. The average Bonchev–Trinajstić information content (AvgIpc) is 3.18. The second kappa shape index (κ2) is 9.09. The molecule has 0 radical (unpaired) electrons. The van der Waals surface area contributed by atoms with E-state index in [1.54, 1.807) is 11.0 Å². The van der Waals surface area contributed by atoms with Crippen LogP contribution in [0.2, 0.25) is 0 Å². The lowest BCUT2D eigenvalue weighted by Gasteiger charge is -2.44. The van der Waals surface area contributed by atoms with Gasteiger partial charge in [-0.2, -0.15) is 9.49 Å². The van der Waals surface area contributed by atoms with Crippen LogP contribution in [0, 0.1) is 17.8 Å². The van der Waals surface area contributed by atoms with E-state index in [1.807, 2.05) is 35.2 Å². The highest BCUT2D eigenvalue weighted by Gasteiger charge is 2.39. The van der Waals surface area contributed by atoms with Crippen LogP contribution in [-0.2, 0) is 0 Å². The number of benzene rings is 1. The van der Waals surface area contributed by atoms with Gasteiger partial charge in [-0.25, -0.2) is 4.98 Å². The average molecular weight is 449 g/mol. The summed E-state index contributed by atoms with van der Waals surface area (Å²) in [7, 11) is 0. The molecule has 1 N–H and O–H groups in total. The zero-order chi connectivity index (χ0) is 22.8. The van der Waals surface area contributed by atoms with Crippen molar-refractivity contribution in [2.24, 2.45) is 11.8 Å². The van der Waals surface area contributed by atoms with E-state index in [-0.39, 0.29) is 17.5 Å². The fourth-order valence-electron chi connectivity index (χ4n) is 4.69. The summed E-state index contributed by atoms with van der Waals surface area (Å²) in [4.78, 5) is 36.7. The minimum absolute atomic E-state index is 0.0274. The molecule has 4 heterocycles. The summed E-state index contributed by atoms with van der Waals surface area (Å²) in [6.45, 7) is 2.55. The Morgan fingerprint density at radius 1 is 0.970 bits per heavy atom. The van der Waals surface area contributed by atoms with Crippen molar-refractivity contribution in [2.75, 3.05) is 26.2 Å². The number of amides is 2. The van der Waals surface area contributed by atoms with Crippen molar-refractivity contribution in [1.82, 2.24) is 30.0 Å². The van der Waals surface area contributed by atoms with Gasteiger partial charge in [0.25, 0.3) is 11.8 Å². The van der Waals surface area contributed by atoms with Crippen molar-refractivity contribution in [3.8, 4) is 11.3 Å². The van der Waals surface area contributed by atoms with E-state index in [2.05, 4.69) is 20.2 Å². The fraction of sp³-hybridized carbons (Fsp3) is 0.375. The predicted octanol–water partition coefficient (Wildman–Crippen LogP) is 3.02. The van der Waals surface area contributed by atoms with Crippen molar-refractivity contribution in [3.63, 3.8) is 0 Å². The molecule has 0 spiro atoms. The van der Waals surface area contributed by atoms with Gasteiger partial charge in [0.05, 0.1) is 18.1 Å². The molecule has 9 heteroatoms. The van der Waals surface area contributed by atoms with Gasteiger partial charge in [-0.15, -0.1) is 0 Å². The molecule has 2 fully saturated rings. The molecule has 2 aliphatic rings. The predicted molar refractivity (Wildman–Crippen MR) is 119 cm³/mol. The summed E-state index contributed by atoms with van der Waals surface area (Å²) >= 11 is 0. The fourth-order valence-corrected chi connectivity index (χ4v) is 4.69. The summed E-state index contributed by atoms with van der Waals surface area (Å²) in [5.41, 5.74) is 2.23. The van der Waals surface area contributed by atoms with E-state index >= 15 is 0 Å². The van der Waals surface area contributed by atoms with Crippen LogP contribution in [-0.4, -0.2) is 68.0 Å². The van der Waals surface area contributed by atoms with E-state index in [4.69, 9.17) is 0 Å². The van der Waals surface area contributed by atoms with Gasteiger partial charge in [-0.05, 0) is 30.7 Å². The van der Waals surface area contributed by atoms with Crippen molar-refractivity contribution in [1.29, 1.82) is 0 Å². The van der Waals surface area contributed by atoms with Crippen LogP contribution in [0.4, 0.5) is 4.39 Å². The molecule has 2 aliphatic heterocycles. The van der Waals surface area contributed by atoms with Gasteiger partial charge in [0, 0.05) is 31.7 Å². The zero-order valence-corrected chi connectivity index (χ0v) is 18.2. The molecule has 33 heavy (non-hydrogen) atoms. The van der Waals surface area contributed by atoms with E-state index in [0.717, 1.165) is 36.7 Å². The summed E-state index contributed by atoms with van der Waals surface area (Å²) in [5.74, 6) is -0.476. The second-order valence-electron chi connectivity index (χ2n) is 8.74. The first-order valence-electron chi connectivity index (χ1n) is 11.3. The van der Waals surface area contributed by atoms with Crippen LogP contribution in [0.3, 0.4) is 0 Å². The van der Waals surface area contributed by atoms with Gasteiger partial charge in [-0.3, -0.25) is 19.7 Å². The molecule has 170 valence electrons. The van der Waals surface area contributed by atoms with E-state index in [9.17, 15) is 14.0 Å². The summed E-state index contributed by atoms with van der Waals surface area (Å²) < 4.78 is 13.3. The number of nitrogens with one attached hydrogen (secondary N) is 1. The molecular weight excluding hydrogens is 423 g/mol. The van der Waals surface area contributed by atoms with E-state index in [0.29, 0.717) is 43.7 Å². The minimum Gasteiger partial charge on any atom is -0.337 e. The Kier molecular flexibility index (Phi) is 5.85. The number of carbonyl (C=O) groups excluding carboxylic acids is 2. The number of carbonyl (C=O) groups is 2. The van der Waals surface area contributed by atoms with Gasteiger partial charge in [0.2, 0.25) is 5.95 Å². The molecule has 3 aromatic rings. The van der Waals surface area contributed by atoms with Crippen LogP contribution in [0.5, 0.6) is 0 Å². The molecule has 1 unspecified atom stereocenters. The quantitative estimate of drug-likeness (QED) is 0.662. The largest absolute Gasteiger partial charge is 0.337 e. The second-order valence-corrected chi connectivity index (χ2v) is 8.74. The number of H-pyrrole nitrogens is 1. The lowest BCUT2D eigenvalue weighted by atomic mass is 9.82. The highest BCUT2D eigenvalue weighted by Crippen LogP contribution is 2.32. The maximum Gasteiger partial charge on any atom is 0.274 e. The SMILES string of the molecule is O=C(c1cncc(F)n1)N1CC(C2CCCCN(C(=O)c3cc(-c4ccccc4)n[nH]3)C2)C1.